The van der Waals surface area contributed by atoms with E-state index in [-0.39, 0.29) is 5.56 Å². The molecule has 1 fully saturated rings. The Morgan fingerprint density at radius 2 is 2.43 bits per heavy atom. The van der Waals surface area contributed by atoms with Crippen LogP contribution >= 0.6 is 11.8 Å². The minimum absolute atomic E-state index is 0.120. The number of nitrogens with one attached hydrogen (secondary N) is 1. The van der Waals surface area contributed by atoms with Crippen molar-refractivity contribution in [3.8, 4) is 0 Å². The summed E-state index contributed by atoms with van der Waals surface area (Å²) in [4.78, 5) is 10.8. The molecule has 0 amide bonds. The second-order valence-corrected chi connectivity index (χ2v) is 5.01. The summed E-state index contributed by atoms with van der Waals surface area (Å²) >= 11 is 2.03. The molecule has 1 unspecified atom stereocenters. The second kappa shape index (κ2) is 4.64. The Hall–Kier alpha value is -0.770. The molecule has 1 atom stereocenters. The Kier molecular flexibility index (Phi) is 3.24. The van der Waals surface area contributed by atoms with Gasteiger partial charge in [0.1, 0.15) is 0 Å². The van der Waals surface area contributed by atoms with Gasteiger partial charge in [0.2, 0.25) is 0 Å². The largest absolute Gasteiger partial charge is 0.268 e. The molecule has 0 radical (unpaired) electrons. The quantitative estimate of drug-likeness (QED) is 0.806. The third-order valence-electron chi connectivity index (χ3n) is 2.45. The summed E-state index contributed by atoms with van der Waals surface area (Å²) in [5.41, 5.74) is 0.883. The first-order valence-corrected chi connectivity index (χ1v) is 6.06. The van der Waals surface area contributed by atoms with Crippen molar-refractivity contribution in [2.45, 2.75) is 30.9 Å². The monoisotopic (exact) mass is 210 g/mol. The highest BCUT2D eigenvalue weighted by Crippen LogP contribution is 2.26. The van der Waals surface area contributed by atoms with E-state index in [1.807, 2.05) is 17.8 Å². The van der Waals surface area contributed by atoms with Gasteiger partial charge in [-0.2, -0.15) is 16.9 Å². The molecule has 0 spiro atoms. The van der Waals surface area contributed by atoms with Crippen molar-refractivity contribution in [2.24, 2.45) is 0 Å². The zero-order chi connectivity index (χ0) is 9.80. The van der Waals surface area contributed by atoms with E-state index in [0.717, 1.165) is 12.1 Å². The molecule has 2 heterocycles. The average Bonchev–Trinajstić information content (AvgIpc) is 2.23. The third-order valence-corrected chi connectivity index (χ3v) is 3.85. The minimum atomic E-state index is -0.120. The van der Waals surface area contributed by atoms with Crippen LogP contribution < -0.4 is 5.56 Å². The molecule has 1 N–H and O–H groups in total. The number of hydrogen-bond acceptors (Lipinski definition) is 3. The molecule has 0 saturated carbocycles. The van der Waals surface area contributed by atoms with Gasteiger partial charge < -0.3 is 0 Å². The first-order chi connectivity index (χ1) is 6.84. The van der Waals surface area contributed by atoms with Crippen LogP contribution in [-0.2, 0) is 6.42 Å². The summed E-state index contributed by atoms with van der Waals surface area (Å²) in [5.74, 6) is 1.27. The van der Waals surface area contributed by atoms with E-state index in [1.54, 1.807) is 6.07 Å². The molecule has 1 aromatic heterocycles. The smallest absolute Gasteiger partial charge is 0.264 e. The number of thioether (sulfide) groups is 1. The van der Waals surface area contributed by atoms with E-state index in [9.17, 15) is 4.79 Å². The molecular formula is C10H14N2OS. The van der Waals surface area contributed by atoms with Crippen LogP contribution in [0.3, 0.4) is 0 Å². The maximum atomic E-state index is 10.8. The van der Waals surface area contributed by atoms with Crippen LogP contribution in [0.4, 0.5) is 0 Å². The van der Waals surface area contributed by atoms with Gasteiger partial charge in [-0.25, -0.2) is 5.10 Å². The number of nitrogens with zero attached hydrogens (tertiary/aromatic N) is 1. The van der Waals surface area contributed by atoms with E-state index in [2.05, 4.69) is 10.2 Å². The van der Waals surface area contributed by atoms with Crippen molar-refractivity contribution < 1.29 is 0 Å². The maximum absolute atomic E-state index is 10.8. The maximum Gasteiger partial charge on any atom is 0.264 e. The minimum Gasteiger partial charge on any atom is -0.268 e. The van der Waals surface area contributed by atoms with Gasteiger partial charge in [0.05, 0.1) is 5.69 Å². The molecule has 14 heavy (non-hydrogen) atoms. The lowest BCUT2D eigenvalue weighted by atomic mass is 10.1. The standard InChI is InChI=1S/C10H14N2OS/c13-10-5-4-8(11-12-10)7-9-3-1-2-6-14-9/h4-5,9H,1-3,6-7H2,(H,12,13). The normalized spacial score (nSPS) is 22.1. The van der Waals surface area contributed by atoms with Gasteiger partial charge >= 0.3 is 0 Å². The summed E-state index contributed by atoms with van der Waals surface area (Å²) in [6.45, 7) is 0. The van der Waals surface area contributed by atoms with Crippen LogP contribution in [0.25, 0.3) is 0 Å². The molecule has 0 aromatic carbocycles. The molecule has 3 nitrogen and oxygen atoms in total. The number of H-pyrrole nitrogens is 1. The summed E-state index contributed by atoms with van der Waals surface area (Å²) < 4.78 is 0. The lowest BCUT2D eigenvalue weighted by Crippen LogP contribution is -2.15. The lowest BCUT2D eigenvalue weighted by molar-refractivity contribution is 0.650. The molecule has 4 heteroatoms. The Morgan fingerprint density at radius 3 is 3.07 bits per heavy atom. The fourth-order valence-corrected chi connectivity index (χ4v) is 3.01. The zero-order valence-electron chi connectivity index (χ0n) is 8.03. The predicted octanol–water partition coefficient (Wildman–Crippen LogP) is 1.60. The van der Waals surface area contributed by atoms with Crippen molar-refractivity contribution >= 4 is 11.8 Å². The SMILES string of the molecule is O=c1ccc(CC2CCCCS2)n[nH]1. The first kappa shape index (κ1) is 9.77. The highest BCUT2D eigenvalue weighted by molar-refractivity contribution is 7.99. The van der Waals surface area contributed by atoms with Gasteiger partial charge in [-0.3, -0.25) is 4.79 Å². The summed E-state index contributed by atoms with van der Waals surface area (Å²) in [6.07, 6.45) is 4.95. The third kappa shape index (κ3) is 2.61. The van der Waals surface area contributed by atoms with Gasteiger partial charge in [0, 0.05) is 17.7 Å². The van der Waals surface area contributed by atoms with Crippen molar-refractivity contribution in [2.75, 3.05) is 5.75 Å². The number of hydrogen-bond donors (Lipinski definition) is 1. The second-order valence-electron chi connectivity index (χ2n) is 3.61. The fraction of sp³-hybridized carbons (Fsp3) is 0.600. The highest BCUT2D eigenvalue weighted by atomic mass is 32.2. The lowest BCUT2D eigenvalue weighted by Gasteiger charge is -2.20. The van der Waals surface area contributed by atoms with Crippen molar-refractivity contribution in [3.63, 3.8) is 0 Å². The van der Waals surface area contributed by atoms with E-state index < -0.39 is 0 Å². The van der Waals surface area contributed by atoms with Crippen molar-refractivity contribution in [1.82, 2.24) is 10.2 Å². The molecule has 1 saturated heterocycles. The molecule has 0 aliphatic carbocycles. The highest BCUT2D eigenvalue weighted by Gasteiger charge is 2.14. The van der Waals surface area contributed by atoms with Crippen LogP contribution in [0.5, 0.6) is 0 Å². The molecule has 2 rings (SSSR count). The zero-order valence-corrected chi connectivity index (χ0v) is 8.85. The number of rotatable bonds is 2. The molecular weight excluding hydrogens is 196 g/mol. The van der Waals surface area contributed by atoms with Crippen LogP contribution in [0.15, 0.2) is 16.9 Å². The van der Waals surface area contributed by atoms with E-state index in [0.29, 0.717) is 5.25 Å². The Morgan fingerprint density at radius 1 is 1.50 bits per heavy atom. The Labute approximate surface area is 87.3 Å². The predicted molar refractivity (Wildman–Crippen MR) is 58.7 cm³/mol. The molecule has 76 valence electrons. The van der Waals surface area contributed by atoms with E-state index in [1.165, 1.54) is 25.0 Å². The summed E-state index contributed by atoms with van der Waals surface area (Å²) in [6, 6.07) is 3.38. The Balaban J connectivity index is 1.96. The molecule has 1 aliphatic rings. The fourth-order valence-electron chi connectivity index (χ4n) is 1.69. The van der Waals surface area contributed by atoms with Gasteiger partial charge in [-0.15, -0.1) is 0 Å². The van der Waals surface area contributed by atoms with Crippen LogP contribution in [0.2, 0.25) is 0 Å². The van der Waals surface area contributed by atoms with Crippen molar-refractivity contribution in [1.29, 1.82) is 0 Å². The van der Waals surface area contributed by atoms with E-state index in [4.69, 9.17) is 0 Å². The van der Waals surface area contributed by atoms with Gasteiger partial charge in [0.15, 0.2) is 0 Å². The van der Waals surface area contributed by atoms with Crippen LogP contribution in [-0.4, -0.2) is 21.2 Å². The number of aromatic nitrogens is 2. The topological polar surface area (TPSA) is 45.8 Å². The summed E-state index contributed by atoms with van der Waals surface area (Å²) in [7, 11) is 0. The number of aromatic amines is 1. The Bertz CT molecular complexity index is 324. The first-order valence-electron chi connectivity index (χ1n) is 5.01. The van der Waals surface area contributed by atoms with Crippen molar-refractivity contribution in [3.05, 3.63) is 28.2 Å². The van der Waals surface area contributed by atoms with Gasteiger partial charge in [-0.1, -0.05) is 6.42 Å². The van der Waals surface area contributed by atoms with Crippen LogP contribution in [0.1, 0.15) is 25.0 Å². The van der Waals surface area contributed by atoms with Crippen LogP contribution in [0, 0.1) is 0 Å². The summed E-state index contributed by atoms with van der Waals surface area (Å²) in [5, 5.41) is 7.19. The molecule has 0 bridgehead atoms. The molecule has 1 aliphatic heterocycles. The molecule has 1 aromatic rings. The van der Waals surface area contributed by atoms with Gasteiger partial charge in [-0.05, 0) is 24.7 Å². The van der Waals surface area contributed by atoms with E-state index >= 15 is 0 Å². The van der Waals surface area contributed by atoms with Gasteiger partial charge in [0.25, 0.3) is 5.56 Å². The average molecular weight is 210 g/mol.